The van der Waals surface area contributed by atoms with Crippen molar-refractivity contribution >= 4 is 58.2 Å². The molecule has 2 nitrogen and oxygen atoms in total. The first-order valence-corrected chi connectivity index (χ1v) is 6.74. The van der Waals surface area contributed by atoms with Gasteiger partial charge in [0.05, 0.1) is 10.6 Å². The fourth-order valence-corrected chi connectivity index (χ4v) is 2.90. The lowest BCUT2D eigenvalue weighted by molar-refractivity contribution is 0.797. The summed E-state index contributed by atoms with van der Waals surface area (Å²) in [6.45, 7) is 0. The van der Waals surface area contributed by atoms with E-state index in [0.717, 1.165) is 29.2 Å². The molecule has 0 fully saturated rings. The van der Waals surface area contributed by atoms with E-state index in [1.54, 1.807) is 11.8 Å². The summed E-state index contributed by atoms with van der Waals surface area (Å²) in [5, 5.41) is 0.381. The minimum Gasteiger partial charge on any atom is -0.232 e. The van der Waals surface area contributed by atoms with Crippen LogP contribution in [0.3, 0.4) is 0 Å². The minimum atomic E-state index is -1.61. The second-order valence-corrected chi connectivity index (χ2v) is 6.81. The van der Waals surface area contributed by atoms with Crippen molar-refractivity contribution in [1.29, 1.82) is 0 Å². The molecule has 0 N–H and O–H groups in total. The topological polar surface area (TPSA) is 25.8 Å². The summed E-state index contributed by atoms with van der Waals surface area (Å²) < 4.78 is -1.61. The van der Waals surface area contributed by atoms with Crippen molar-refractivity contribution in [2.45, 2.75) is 21.5 Å². The Hall–Kier alpha value is 0.590. The van der Waals surface area contributed by atoms with Crippen molar-refractivity contribution in [2.24, 2.45) is 0 Å². The Balaban J connectivity index is 2.50. The Kier molecular flexibility index (Phi) is 3.58. The quantitative estimate of drug-likeness (QED) is 0.535. The average Bonchev–Trinajstić information content (AvgIpc) is 2.16. The Morgan fingerprint density at radius 3 is 2.60 bits per heavy atom. The van der Waals surface area contributed by atoms with Gasteiger partial charge in [-0.25, -0.2) is 9.97 Å². The van der Waals surface area contributed by atoms with Crippen molar-refractivity contribution in [1.82, 2.24) is 9.97 Å². The number of aryl methyl sites for hydroxylation is 1. The van der Waals surface area contributed by atoms with Crippen LogP contribution >= 0.6 is 58.2 Å². The first-order chi connectivity index (χ1) is 6.98. The molecule has 0 amide bonds. The van der Waals surface area contributed by atoms with Crippen LogP contribution in [0.15, 0.2) is 4.90 Å². The summed E-state index contributed by atoms with van der Waals surface area (Å²) in [4.78, 5) is 9.15. The molecule has 7 heteroatoms. The molecule has 2 heterocycles. The highest BCUT2D eigenvalue weighted by atomic mass is 35.6. The predicted octanol–water partition coefficient (Wildman–Crippen LogP) is 4.00. The van der Waals surface area contributed by atoms with Crippen LogP contribution in [0, 0.1) is 0 Å². The molecule has 0 radical (unpaired) electrons. The van der Waals surface area contributed by atoms with Gasteiger partial charge in [-0.1, -0.05) is 46.4 Å². The molecular formula is C8H6Cl4N2S. The molecule has 82 valence electrons. The van der Waals surface area contributed by atoms with E-state index in [9.17, 15) is 0 Å². The second kappa shape index (κ2) is 4.46. The molecule has 0 aromatic carbocycles. The Morgan fingerprint density at radius 1 is 1.20 bits per heavy atom. The molecule has 15 heavy (non-hydrogen) atoms. The zero-order valence-electron chi connectivity index (χ0n) is 7.44. The van der Waals surface area contributed by atoms with Crippen LogP contribution in [0.2, 0.25) is 5.15 Å². The van der Waals surface area contributed by atoms with Crippen molar-refractivity contribution in [3.05, 3.63) is 16.7 Å². The second-order valence-electron chi connectivity index (χ2n) is 3.06. The highest BCUT2D eigenvalue weighted by Crippen LogP contribution is 2.40. The van der Waals surface area contributed by atoms with E-state index in [1.165, 1.54) is 0 Å². The van der Waals surface area contributed by atoms with Gasteiger partial charge in [0.2, 0.25) is 3.79 Å². The van der Waals surface area contributed by atoms with Crippen LogP contribution in [-0.2, 0) is 10.2 Å². The number of thioether (sulfide) groups is 1. The smallest absolute Gasteiger partial charge is 0.232 e. The van der Waals surface area contributed by atoms with Crippen LogP contribution in [0.25, 0.3) is 0 Å². The molecule has 1 aliphatic rings. The van der Waals surface area contributed by atoms with Gasteiger partial charge in [0.1, 0.15) is 5.15 Å². The summed E-state index contributed by atoms with van der Waals surface area (Å²) in [6, 6.07) is 0. The summed E-state index contributed by atoms with van der Waals surface area (Å²) in [5.74, 6) is 1.18. The minimum absolute atomic E-state index is 0.152. The fraction of sp³-hybridized carbons (Fsp3) is 0.500. The number of halogens is 4. The number of nitrogens with zero attached hydrogens (tertiary/aromatic N) is 2. The van der Waals surface area contributed by atoms with Gasteiger partial charge in [0.25, 0.3) is 0 Å². The van der Waals surface area contributed by atoms with Crippen LogP contribution in [-0.4, -0.2) is 15.7 Å². The first-order valence-electron chi connectivity index (χ1n) is 4.25. The molecule has 0 spiro atoms. The van der Waals surface area contributed by atoms with Crippen LogP contribution in [0.5, 0.6) is 0 Å². The van der Waals surface area contributed by atoms with Gasteiger partial charge in [0, 0.05) is 0 Å². The van der Waals surface area contributed by atoms with E-state index in [-0.39, 0.29) is 5.82 Å². The summed E-state index contributed by atoms with van der Waals surface area (Å²) >= 11 is 24.8. The molecule has 2 rings (SSSR count). The Bertz CT molecular complexity index is 391. The van der Waals surface area contributed by atoms with Crippen molar-refractivity contribution in [2.75, 3.05) is 5.75 Å². The third-order valence-corrected chi connectivity index (χ3v) is 4.06. The van der Waals surface area contributed by atoms with E-state index in [2.05, 4.69) is 9.97 Å². The predicted molar refractivity (Wildman–Crippen MR) is 65.3 cm³/mol. The van der Waals surface area contributed by atoms with E-state index >= 15 is 0 Å². The Morgan fingerprint density at radius 2 is 1.93 bits per heavy atom. The number of fused-ring (bicyclic) bond motifs is 1. The average molecular weight is 304 g/mol. The van der Waals surface area contributed by atoms with Crippen LogP contribution in [0.1, 0.15) is 17.9 Å². The maximum atomic E-state index is 6.01. The zero-order chi connectivity index (χ0) is 11.1. The molecule has 0 atom stereocenters. The van der Waals surface area contributed by atoms with Crippen molar-refractivity contribution in [3.8, 4) is 0 Å². The lowest BCUT2D eigenvalue weighted by Gasteiger charge is -2.18. The van der Waals surface area contributed by atoms with Gasteiger partial charge in [-0.05, 0) is 18.6 Å². The maximum Gasteiger partial charge on any atom is 0.250 e. The SMILES string of the molecule is Clc1nc(C(Cl)(Cl)Cl)nc2c1SCCC2. The summed E-state index contributed by atoms with van der Waals surface area (Å²) in [5.41, 5.74) is 0.882. The highest BCUT2D eigenvalue weighted by molar-refractivity contribution is 7.99. The highest BCUT2D eigenvalue weighted by Gasteiger charge is 2.29. The van der Waals surface area contributed by atoms with Gasteiger partial charge in [-0.15, -0.1) is 11.8 Å². The van der Waals surface area contributed by atoms with E-state index in [0.29, 0.717) is 5.15 Å². The van der Waals surface area contributed by atoms with E-state index in [1.807, 2.05) is 0 Å². The summed E-state index contributed by atoms with van der Waals surface area (Å²) in [7, 11) is 0. The normalized spacial score (nSPS) is 16.3. The maximum absolute atomic E-state index is 6.01. The van der Waals surface area contributed by atoms with Gasteiger partial charge in [-0.3, -0.25) is 0 Å². The molecule has 0 unspecified atom stereocenters. The monoisotopic (exact) mass is 302 g/mol. The van der Waals surface area contributed by atoms with Gasteiger partial charge >= 0.3 is 0 Å². The lowest BCUT2D eigenvalue weighted by Crippen LogP contribution is -2.13. The number of aromatic nitrogens is 2. The molecule has 0 bridgehead atoms. The molecule has 0 saturated heterocycles. The van der Waals surface area contributed by atoms with Crippen LogP contribution < -0.4 is 0 Å². The number of rotatable bonds is 0. The van der Waals surface area contributed by atoms with E-state index < -0.39 is 3.79 Å². The standard InChI is InChI=1S/C8H6Cl4N2S/c9-6-5-4(2-1-3-15-5)13-7(14-6)8(10,11)12/h1-3H2. The Labute approximate surface area is 112 Å². The number of alkyl halides is 3. The zero-order valence-corrected chi connectivity index (χ0v) is 11.3. The fourth-order valence-electron chi connectivity index (χ4n) is 1.32. The first kappa shape index (κ1) is 12.1. The lowest BCUT2D eigenvalue weighted by atomic mass is 10.2. The third-order valence-electron chi connectivity index (χ3n) is 1.95. The van der Waals surface area contributed by atoms with Crippen molar-refractivity contribution in [3.63, 3.8) is 0 Å². The number of hydrogen-bond donors (Lipinski definition) is 0. The molecule has 1 aliphatic heterocycles. The molecular weight excluding hydrogens is 298 g/mol. The summed E-state index contributed by atoms with van der Waals surface area (Å²) in [6.07, 6.45) is 1.92. The molecule has 1 aromatic heterocycles. The van der Waals surface area contributed by atoms with Gasteiger partial charge in [-0.2, -0.15) is 0 Å². The largest absolute Gasteiger partial charge is 0.250 e. The molecule has 1 aromatic rings. The van der Waals surface area contributed by atoms with Crippen LogP contribution in [0.4, 0.5) is 0 Å². The van der Waals surface area contributed by atoms with Gasteiger partial charge in [0.15, 0.2) is 5.82 Å². The van der Waals surface area contributed by atoms with Gasteiger partial charge < -0.3 is 0 Å². The van der Waals surface area contributed by atoms with Crippen molar-refractivity contribution < 1.29 is 0 Å². The number of hydrogen-bond acceptors (Lipinski definition) is 3. The van der Waals surface area contributed by atoms with E-state index in [4.69, 9.17) is 46.4 Å². The molecule has 0 saturated carbocycles. The molecule has 0 aliphatic carbocycles. The third kappa shape index (κ3) is 2.64.